The summed E-state index contributed by atoms with van der Waals surface area (Å²) in [4.78, 5) is 21.9. The number of non-ortho nitro benzene ring substituents is 1. The van der Waals surface area contributed by atoms with Gasteiger partial charge in [0.2, 0.25) is 0 Å². The summed E-state index contributed by atoms with van der Waals surface area (Å²) in [5, 5.41) is 17.8. The van der Waals surface area contributed by atoms with Gasteiger partial charge in [0.1, 0.15) is 12.4 Å². The van der Waals surface area contributed by atoms with Crippen molar-refractivity contribution in [2.45, 2.75) is 39.0 Å². The number of hydrogen-bond donors (Lipinski definition) is 1. The normalized spacial score (nSPS) is 12.3. The molecule has 3 aromatic rings. The maximum absolute atomic E-state index is 13.4. The highest BCUT2D eigenvalue weighted by Crippen LogP contribution is 2.38. The summed E-state index contributed by atoms with van der Waals surface area (Å²) in [5.74, 6) is 0.124. The average Bonchev–Trinajstić information content (AvgIpc) is 3.20. The molecule has 0 amide bonds. The minimum atomic E-state index is -4.79. The molecule has 1 atom stereocenters. The summed E-state index contributed by atoms with van der Waals surface area (Å²) in [6.45, 7) is 2.82. The topological polar surface area (TPSA) is 107 Å². The van der Waals surface area contributed by atoms with Gasteiger partial charge in [0.05, 0.1) is 23.3 Å². The van der Waals surface area contributed by atoms with Crippen LogP contribution in [-0.2, 0) is 17.6 Å². The highest BCUT2D eigenvalue weighted by molar-refractivity contribution is 5.77. The first-order valence-corrected chi connectivity index (χ1v) is 10.2. The van der Waals surface area contributed by atoms with Gasteiger partial charge in [-0.3, -0.25) is 20.0 Å². The summed E-state index contributed by atoms with van der Waals surface area (Å²) >= 11 is 0. The Kier molecular flexibility index (Phi) is 7.23. The Labute approximate surface area is 192 Å². The summed E-state index contributed by atoms with van der Waals surface area (Å²) in [6, 6.07) is 7.42. The van der Waals surface area contributed by atoms with Gasteiger partial charge in [-0.15, -0.1) is 0 Å². The number of methoxy groups -OCH3 is 1. The number of H-pyrrole nitrogens is 1. The van der Waals surface area contributed by atoms with Crippen LogP contribution < -0.4 is 9.47 Å². The first-order chi connectivity index (χ1) is 16.0. The predicted octanol–water partition coefficient (Wildman–Crippen LogP) is 5.34. The van der Waals surface area contributed by atoms with Crippen LogP contribution in [0.5, 0.6) is 11.5 Å². The van der Waals surface area contributed by atoms with E-state index in [1.807, 2.05) is 6.92 Å². The van der Waals surface area contributed by atoms with Crippen LogP contribution in [0.1, 0.15) is 47.2 Å². The summed E-state index contributed by atoms with van der Waals surface area (Å²) in [6.07, 6.45) is -2.85. The fourth-order valence-electron chi connectivity index (χ4n) is 3.66. The summed E-state index contributed by atoms with van der Waals surface area (Å²) in [7, 11) is 1.39. The number of nitrogens with one attached hydrogen (secondary N) is 1. The lowest BCUT2D eigenvalue weighted by molar-refractivity contribution is -0.385. The van der Waals surface area contributed by atoms with Crippen LogP contribution in [0.4, 0.5) is 18.9 Å². The highest BCUT2D eigenvalue weighted by atomic mass is 19.4. The molecule has 0 aliphatic rings. The quantitative estimate of drug-likeness (QED) is 0.329. The van der Waals surface area contributed by atoms with Gasteiger partial charge < -0.3 is 9.47 Å². The average molecular weight is 477 g/mol. The van der Waals surface area contributed by atoms with E-state index in [1.165, 1.54) is 14.0 Å². The number of nitro groups is 1. The zero-order valence-corrected chi connectivity index (χ0v) is 18.6. The fraction of sp³-hybridized carbons (Fsp3) is 0.304. The minimum Gasteiger partial charge on any atom is -0.493 e. The third-order valence-electron chi connectivity index (χ3n) is 5.32. The maximum atomic E-state index is 13.4. The van der Waals surface area contributed by atoms with Gasteiger partial charge in [0.15, 0.2) is 11.5 Å². The molecule has 11 heteroatoms. The lowest BCUT2D eigenvalue weighted by Gasteiger charge is -2.19. The van der Waals surface area contributed by atoms with Crippen LogP contribution in [0.15, 0.2) is 42.6 Å². The van der Waals surface area contributed by atoms with Crippen molar-refractivity contribution in [1.29, 1.82) is 0 Å². The van der Waals surface area contributed by atoms with E-state index in [-0.39, 0.29) is 35.2 Å². The van der Waals surface area contributed by atoms with Crippen molar-refractivity contribution in [2.24, 2.45) is 0 Å². The second-order valence-electron chi connectivity index (χ2n) is 7.68. The Balaban J connectivity index is 1.91. The molecule has 180 valence electrons. The zero-order valence-electron chi connectivity index (χ0n) is 18.6. The number of aromatic amines is 1. The first kappa shape index (κ1) is 24.7. The SMILES string of the molecule is COc1cc(C(CC(C)=O)c2c[nH]nc2C)ccc1OCc1ccc([N+](=O)[O-])cc1C(F)(F)F. The second kappa shape index (κ2) is 9.94. The third kappa shape index (κ3) is 5.53. The van der Waals surface area contributed by atoms with Crippen molar-refractivity contribution in [1.82, 2.24) is 10.2 Å². The minimum absolute atomic E-state index is 0.0252. The Hall–Kier alpha value is -3.89. The number of nitrogens with zero attached hydrogens (tertiary/aromatic N) is 2. The van der Waals surface area contributed by atoms with Crippen LogP contribution in [-0.4, -0.2) is 28.0 Å². The first-order valence-electron chi connectivity index (χ1n) is 10.2. The number of ether oxygens (including phenoxy) is 2. The van der Waals surface area contributed by atoms with Gasteiger partial charge >= 0.3 is 6.18 Å². The maximum Gasteiger partial charge on any atom is 0.417 e. The van der Waals surface area contributed by atoms with E-state index in [2.05, 4.69) is 10.2 Å². The molecule has 0 aliphatic carbocycles. The molecular formula is C23H22F3N3O5. The zero-order chi connectivity index (χ0) is 25.0. The molecule has 0 spiro atoms. The van der Waals surface area contributed by atoms with Gasteiger partial charge in [0, 0.05) is 41.8 Å². The number of carbonyl (C=O) groups excluding carboxylic acids is 1. The van der Waals surface area contributed by atoms with Gasteiger partial charge in [-0.25, -0.2) is 0 Å². The molecule has 0 saturated carbocycles. The molecule has 8 nitrogen and oxygen atoms in total. The number of ketones is 1. The lowest BCUT2D eigenvalue weighted by atomic mass is 9.87. The van der Waals surface area contributed by atoms with E-state index >= 15 is 0 Å². The van der Waals surface area contributed by atoms with E-state index in [0.29, 0.717) is 6.07 Å². The molecule has 0 fully saturated rings. The number of benzene rings is 2. The second-order valence-corrected chi connectivity index (χ2v) is 7.68. The molecule has 0 bridgehead atoms. The molecule has 0 aliphatic heterocycles. The monoisotopic (exact) mass is 477 g/mol. The molecule has 34 heavy (non-hydrogen) atoms. The number of alkyl halides is 3. The molecule has 1 N–H and O–H groups in total. The van der Waals surface area contributed by atoms with Crippen molar-refractivity contribution in [3.05, 3.63) is 80.7 Å². The van der Waals surface area contributed by atoms with E-state index in [9.17, 15) is 28.1 Å². The molecule has 1 unspecified atom stereocenters. The molecule has 3 rings (SSSR count). The van der Waals surface area contributed by atoms with Crippen LogP contribution in [0.25, 0.3) is 0 Å². The molecule has 1 heterocycles. The number of aromatic nitrogens is 2. The van der Waals surface area contributed by atoms with Gasteiger partial charge in [0.25, 0.3) is 5.69 Å². The number of Topliss-reactive ketones (excluding diaryl/α,β-unsaturated/α-hetero) is 1. The third-order valence-corrected chi connectivity index (χ3v) is 5.32. The standard InChI is InChI=1S/C23H22F3N3O5/c1-13(30)8-18(19-11-27-28-14(19)2)15-5-7-21(22(9-15)33-3)34-12-16-4-6-17(29(31)32)10-20(16)23(24,25)26/h4-7,9-11,18H,8,12H2,1-3H3,(H,27,28). The van der Waals surface area contributed by atoms with Gasteiger partial charge in [-0.2, -0.15) is 18.3 Å². The van der Waals surface area contributed by atoms with Crippen molar-refractivity contribution < 1.29 is 32.4 Å². The van der Waals surface area contributed by atoms with E-state index in [4.69, 9.17) is 9.47 Å². The van der Waals surface area contributed by atoms with Crippen LogP contribution in [0, 0.1) is 17.0 Å². The molecule has 2 aromatic carbocycles. The van der Waals surface area contributed by atoms with Crippen molar-refractivity contribution in [3.8, 4) is 11.5 Å². The van der Waals surface area contributed by atoms with E-state index < -0.39 is 29.0 Å². The molecular weight excluding hydrogens is 455 g/mol. The van der Waals surface area contributed by atoms with Gasteiger partial charge in [-0.1, -0.05) is 6.07 Å². The molecule has 1 aromatic heterocycles. The van der Waals surface area contributed by atoms with Crippen LogP contribution >= 0.6 is 0 Å². The number of rotatable bonds is 9. The Morgan fingerprint density at radius 2 is 1.94 bits per heavy atom. The van der Waals surface area contributed by atoms with Crippen molar-refractivity contribution in [3.63, 3.8) is 0 Å². The highest BCUT2D eigenvalue weighted by Gasteiger charge is 2.35. The molecule has 0 saturated heterocycles. The fourth-order valence-corrected chi connectivity index (χ4v) is 3.66. The van der Waals surface area contributed by atoms with E-state index in [0.717, 1.165) is 29.0 Å². The molecule has 0 radical (unpaired) electrons. The summed E-state index contributed by atoms with van der Waals surface area (Å²) < 4.78 is 51.3. The Morgan fingerprint density at radius 1 is 1.21 bits per heavy atom. The number of hydrogen-bond acceptors (Lipinski definition) is 6. The predicted molar refractivity (Wildman–Crippen MR) is 116 cm³/mol. The number of halogens is 3. The van der Waals surface area contributed by atoms with Crippen molar-refractivity contribution >= 4 is 11.5 Å². The Morgan fingerprint density at radius 3 is 2.50 bits per heavy atom. The number of nitro benzene ring substituents is 1. The van der Waals surface area contributed by atoms with Crippen LogP contribution in [0.2, 0.25) is 0 Å². The summed E-state index contributed by atoms with van der Waals surface area (Å²) in [5.41, 5.74) is 0.260. The largest absolute Gasteiger partial charge is 0.493 e. The number of aryl methyl sites for hydroxylation is 1. The lowest BCUT2D eigenvalue weighted by Crippen LogP contribution is -2.12. The van der Waals surface area contributed by atoms with Crippen LogP contribution in [0.3, 0.4) is 0 Å². The Bertz CT molecular complexity index is 1210. The smallest absolute Gasteiger partial charge is 0.417 e. The number of carbonyl (C=O) groups is 1. The van der Waals surface area contributed by atoms with E-state index in [1.54, 1.807) is 24.4 Å². The van der Waals surface area contributed by atoms with Gasteiger partial charge in [-0.05, 0) is 37.6 Å². The van der Waals surface area contributed by atoms with Crippen molar-refractivity contribution in [2.75, 3.05) is 7.11 Å².